The number of anilines is 2. The lowest BCUT2D eigenvalue weighted by Gasteiger charge is -2.20. The topological polar surface area (TPSA) is 97.8 Å². The van der Waals surface area contributed by atoms with Gasteiger partial charge >= 0.3 is 0 Å². The Bertz CT molecular complexity index is 1340. The van der Waals surface area contributed by atoms with Crippen molar-refractivity contribution in [1.82, 2.24) is 14.9 Å². The fourth-order valence-corrected chi connectivity index (χ4v) is 4.49. The number of nitrogens with one attached hydrogen (secondary N) is 2. The van der Waals surface area contributed by atoms with Crippen molar-refractivity contribution in [3.63, 3.8) is 0 Å². The first-order valence-electron chi connectivity index (χ1n) is 12.5. The summed E-state index contributed by atoms with van der Waals surface area (Å²) in [5, 5.41) is 8.00. The van der Waals surface area contributed by atoms with E-state index in [9.17, 15) is 4.79 Å². The van der Waals surface area contributed by atoms with Crippen molar-refractivity contribution < 1.29 is 27.8 Å². The van der Waals surface area contributed by atoms with Gasteiger partial charge in [0, 0.05) is 48.5 Å². The summed E-state index contributed by atoms with van der Waals surface area (Å²) in [6.45, 7) is 5.70. The van der Waals surface area contributed by atoms with E-state index >= 15 is 8.78 Å². The summed E-state index contributed by atoms with van der Waals surface area (Å²) in [5.41, 5.74) is -0.291. The molecule has 208 valence electrons. The molecule has 0 spiro atoms. The zero-order valence-electron chi connectivity index (χ0n) is 22.5. The minimum Gasteiger partial charge on any atom is -0.494 e. The molecule has 0 bridgehead atoms. The molecule has 1 aliphatic rings. The molecule has 1 aromatic carbocycles. The lowest BCUT2D eigenvalue weighted by Crippen LogP contribution is -2.29. The lowest BCUT2D eigenvalue weighted by atomic mass is 9.97. The third-order valence-electron chi connectivity index (χ3n) is 6.62. The predicted octanol–water partition coefficient (Wildman–Crippen LogP) is 4.14. The number of carbonyl (C=O) groups is 1. The molecule has 4 rings (SSSR count). The third kappa shape index (κ3) is 6.26. The van der Waals surface area contributed by atoms with E-state index in [1.807, 2.05) is 25.1 Å². The Morgan fingerprint density at radius 3 is 2.54 bits per heavy atom. The summed E-state index contributed by atoms with van der Waals surface area (Å²) in [5.74, 6) is -1.12. The van der Waals surface area contributed by atoms with Crippen LogP contribution < -0.4 is 20.1 Å². The van der Waals surface area contributed by atoms with E-state index < -0.39 is 11.6 Å². The highest BCUT2D eigenvalue weighted by Gasteiger charge is 2.30. The van der Waals surface area contributed by atoms with Crippen molar-refractivity contribution >= 4 is 28.2 Å². The summed E-state index contributed by atoms with van der Waals surface area (Å²) < 4.78 is 46.4. The van der Waals surface area contributed by atoms with Gasteiger partial charge in [0.2, 0.25) is 0 Å². The summed E-state index contributed by atoms with van der Waals surface area (Å²) >= 11 is 0. The zero-order chi connectivity index (χ0) is 28.1. The molecule has 2 atom stereocenters. The average Bonchev–Trinajstić information content (AvgIpc) is 3.34. The Labute approximate surface area is 226 Å². The number of aromatic nitrogens is 2. The smallest absolute Gasteiger partial charge is 0.177 e. The average molecular weight is 542 g/mol. The van der Waals surface area contributed by atoms with Gasteiger partial charge in [-0.25, -0.2) is 18.7 Å². The predicted molar refractivity (Wildman–Crippen MR) is 147 cm³/mol. The molecular formula is C28H33F2N5O4. The molecule has 3 aromatic rings. The normalized spacial score (nSPS) is 16.9. The number of carbonyl (C=O) groups excluding carboxylic acids is 1. The van der Waals surface area contributed by atoms with Crippen molar-refractivity contribution in [2.24, 2.45) is 5.92 Å². The largest absolute Gasteiger partial charge is 0.494 e. The highest BCUT2D eigenvalue weighted by molar-refractivity contribution is 5.96. The van der Waals surface area contributed by atoms with Crippen LogP contribution in [-0.2, 0) is 9.53 Å². The summed E-state index contributed by atoms with van der Waals surface area (Å²) in [4.78, 5) is 23.1. The summed E-state index contributed by atoms with van der Waals surface area (Å²) in [6, 6.07) is 4.46. The van der Waals surface area contributed by atoms with E-state index in [0.29, 0.717) is 55.1 Å². The standard InChI is InChI=1S/C28H33F2N5O4/c1-6-18(36)9-17-14-39-15-21(17)33-24-11-19-16(13-32-24)10-20(34-28(19)31-7-8-35(2)3)25-26(29)22(37-4)12-23(38-5)27(25)30/h6,10-13,17,21H,1,7-9,14-15H2,2-5H3,(H,31,34)(H,32,33)/t17-,21+/m0/s1. The van der Waals surface area contributed by atoms with Gasteiger partial charge in [-0.2, -0.15) is 0 Å². The van der Waals surface area contributed by atoms with Crippen LogP contribution >= 0.6 is 0 Å². The Morgan fingerprint density at radius 1 is 1.18 bits per heavy atom. The van der Waals surface area contributed by atoms with E-state index in [1.165, 1.54) is 20.3 Å². The fourth-order valence-electron chi connectivity index (χ4n) is 4.49. The van der Waals surface area contributed by atoms with Gasteiger partial charge in [0.05, 0.1) is 44.7 Å². The van der Waals surface area contributed by atoms with E-state index in [2.05, 4.69) is 27.2 Å². The van der Waals surface area contributed by atoms with Crippen molar-refractivity contribution in [2.75, 3.05) is 65.3 Å². The van der Waals surface area contributed by atoms with Gasteiger partial charge in [-0.1, -0.05) is 6.58 Å². The maximum atomic E-state index is 15.3. The van der Waals surface area contributed by atoms with Gasteiger partial charge in [-0.15, -0.1) is 0 Å². The number of pyridine rings is 2. The van der Waals surface area contributed by atoms with Crippen LogP contribution in [0.1, 0.15) is 6.42 Å². The van der Waals surface area contributed by atoms with Crippen molar-refractivity contribution in [3.05, 3.63) is 48.7 Å². The summed E-state index contributed by atoms with van der Waals surface area (Å²) in [7, 11) is 6.49. The third-order valence-corrected chi connectivity index (χ3v) is 6.62. The SMILES string of the molecule is C=CC(=O)C[C@H]1COC[C@H]1Nc1cc2c(NCCN(C)C)nc(-c3c(F)c(OC)cc(OC)c3F)cc2cn1. The van der Waals surface area contributed by atoms with Crippen molar-refractivity contribution in [2.45, 2.75) is 12.5 Å². The maximum absolute atomic E-state index is 15.3. The van der Waals surface area contributed by atoms with Crippen LogP contribution in [0.5, 0.6) is 11.5 Å². The van der Waals surface area contributed by atoms with Crippen LogP contribution in [0.2, 0.25) is 0 Å². The minimum absolute atomic E-state index is 0.0137. The molecule has 0 radical (unpaired) electrons. The van der Waals surface area contributed by atoms with Gasteiger partial charge in [-0.05, 0) is 32.3 Å². The van der Waals surface area contributed by atoms with E-state index in [4.69, 9.17) is 14.2 Å². The van der Waals surface area contributed by atoms with Gasteiger partial charge in [0.1, 0.15) is 11.6 Å². The van der Waals surface area contributed by atoms with Crippen LogP contribution in [0.4, 0.5) is 20.4 Å². The molecule has 3 heterocycles. The van der Waals surface area contributed by atoms with Gasteiger partial charge in [0.15, 0.2) is 28.9 Å². The molecule has 1 fully saturated rings. The number of nitrogens with zero attached hydrogens (tertiary/aromatic N) is 3. The molecule has 1 saturated heterocycles. The number of rotatable bonds is 12. The number of hydrogen-bond acceptors (Lipinski definition) is 9. The Hall–Kier alpha value is -3.83. The molecular weight excluding hydrogens is 508 g/mol. The van der Waals surface area contributed by atoms with Gasteiger partial charge in [-0.3, -0.25) is 4.79 Å². The van der Waals surface area contributed by atoms with E-state index in [1.54, 1.807) is 12.3 Å². The number of halogens is 2. The second kappa shape index (κ2) is 12.4. The molecule has 0 saturated carbocycles. The van der Waals surface area contributed by atoms with Crippen molar-refractivity contribution in [3.8, 4) is 22.8 Å². The Morgan fingerprint density at radius 2 is 1.90 bits per heavy atom. The zero-order valence-corrected chi connectivity index (χ0v) is 22.5. The molecule has 2 aromatic heterocycles. The van der Waals surface area contributed by atoms with Crippen molar-refractivity contribution in [1.29, 1.82) is 0 Å². The minimum atomic E-state index is -0.880. The maximum Gasteiger partial charge on any atom is 0.177 e. The van der Waals surface area contributed by atoms with Crippen LogP contribution in [0, 0.1) is 17.6 Å². The number of ketones is 1. The van der Waals surface area contributed by atoms with Crippen LogP contribution in [0.3, 0.4) is 0 Å². The number of likely N-dealkylation sites (N-methyl/N-ethyl adjacent to an activating group) is 1. The molecule has 39 heavy (non-hydrogen) atoms. The Kier molecular flexibility index (Phi) is 8.93. The number of allylic oxidation sites excluding steroid dienone is 1. The van der Waals surface area contributed by atoms with E-state index in [-0.39, 0.29) is 40.5 Å². The molecule has 0 unspecified atom stereocenters. The lowest BCUT2D eigenvalue weighted by molar-refractivity contribution is -0.115. The summed E-state index contributed by atoms with van der Waals surface area (Å²) in [6.07, 6.45) is 3.27. The number of methoxy groups -OCH3 is 2. The fraction of sp³-hybridized carbons (Fsp3) is 0.393. The molecule has 9 nitrogen and oxygen atoms in total. The van der Waals surface area contributed by atoms with Crippen LogP contribution in [-0.4, -0.2) is 81.3 Å². The Balaban J connectivity index is 1.76. The molecule has 11 heteroatoms. The first kappa shape index (κ1) is 28.2. The number of ether oxygens (including phenoxy) is 3. The second-order valence-corrected chi connectivity index (χ2v) is 9.58. The number of fused-ring (bicyclic) bond motifs is 1. The first-order valence-corrected chi connectivity index (χ1v) is 12.5. The van der Waals surface area contributed by atoms with Crippen LogP contribution in [0.15, 0.2) is 37.1 Å². The monoisotopic (exact) mass is 541 g/mol. The second-order valence-electron chi connectivity index (χ2n) is 9.58. The quantitative estimate of drug-likeness (QED) is 0.328. The van der Waals surface area contributed by atoms with E-state index in [0.717, 1.165) is 6.07 Å². The number of hydrogen-bond donors (Lipinski definition) is 2. The van der Waals surface area contributed by atoms with Gasteiger partial charge in [0.25, 0.3) is 0 Å². The highest BCUT2D eigenvalue weighted by Crippen LogP contribution is 2.39. The number of benzene rings is 1. The highest BCUT2D eigenvalue weighted by atomic mass is 19.1. The van der Waals surface area contributed by atoms with Crippen LogP contribution in [0.25, 0.3) is 22.0 Å². The molecule has 0 amide bonds. The first-order chi connectivity index (χ1) is 18.7. The molecule has 1 aliphatic heterocycles. The molecule has 0 aliphatic carbocycles. The molecule has 2 N–H and O–H groups in total. The van der Waals surface area contributed by atoms with Gasteiger partial charge < -0.3 is 29.7 Å².